The largest absolute Gasteiger partial charge is 0.391 e. The van der Waals surface area contributed by atoms with E-state index in [-0.39, 0.29) is 114 Å². The van der Waals surface area contributed by atoms with Crippen molar-refractivity contribution in [1.82, 2.24) is 46.3 Å². The average molecular weight is 1530 g/mol. The maximum atomic E-state index is 15.7. The molecule has 2 saturated heterocycles. The van der Waals surface area contributed by atoms with Gasteiger partial charge in [0.25, 0.3) is 0 Å². The molecule has 0 unspecified atom stereocenters. The van der Waals surface area contributed by atoms with Crippen LogP contribution in [-0.2, 0) is 80.0 Å². The summed E-state index contributed by atoms with van der Waals surface area (Å²) in [7, 11) is 2.17. The Bertz CT molecular complexity index is 4320. The van der Waals surface area contributed by atoms with E-state index in [0.717, 1.165) is 36.7 Å². The second kappa shape index (κ2) is 40.8. The lowest BCUT2D eigenvalue weighted by atomic mass is 9.70. The number of H-pyrrole nitrogens is 1. The fourth-order valence-corrected chi connectivity index (χ4v) is 16.9. The Labute approximate surface area is 655 Å². The number of carbonyl (C=O) groups excluding carboxylic acids is 10. The maximum Gasteiger partial charge on any atom is 0.243 e. The lowest BCUT2D eigenvalue weighted by Gasteiger charge is -2.47. The van der Waals surface area contributed by atoms with Crippen LogP contribution in [0.15, 0.2) is 145 Å². The quantitative estimate of drug-likeness (QED) is 0.0163. The van der Waals surface area contributed by atoms with Crippen molar-refractivity contribution in [1.29, 1.82) is 0 Å². The number of fused-ring (bicyclic) bond motifs is 3. The summed E-state index contributed by atoms with van der Waals surface area (Å²) in [6, 6.07) is 29.2. The van der Waals surface area contributed by atoms with Crippen molar-refractivity contribution >= 4 is 81.1 Å². The predicted octanol–water partition coefficient (Wildman–Crippen LogP) is 7.15. The Morgan fingerprint density at radius 1 is 0.625 bits per heavy atom. The van der Waals surface area contributed by atoms with Gasteiger partial charge in [0.1, 0.15) is 41.8 Å². The Hall–Kier alpha value is -10.2. The van der Waals surface area contributed by atoms with Crippen LogP contribution >= 0.6 is 0 Å². The topological polar surface area (TPSA) is 367 Å². The van der Waals surface area contributed by atoms with Crippen LogP contribution in [0.1, 0.15) is 162 Å². The van der Waals surface area contributed by atoms with Gasteiger partial charge in [-0.15, -0.1) is 0 Å². The number of amides is 7. The molecule has 1 aromatic heterocycles. The zero-order chi connectivity index (χ0) is 80.0. The standard InChI is InChI=1S/C87H112FN13O11/c1-54(102)81-79(107)50-64(43-59-33-37-66(88)38-34-59)77(105)32-13-7-12-31-75(101(56(3)104)42-20-41-100(55(2)103)53-60-44-69-68-28-18-25-61-35-36-62(80(61)68)48-76(69)99(4)52-60)78(106)49-63(26-19-40-92-87(90)91)82(108)95-72(45-57-21-8-5-9-22-57)84(110)96-73(46-58-23-10-6-11-24-58)85(111)97-74(47-65-51-93-70-29-15-14-27-67(65)70)86(112)94-71(83(109)98-81)30-16-17-39-89/h5-6,8-11,14-15,18,21-25,27-29,33-34,36-38,51,54,60,63-64,69,71-76,81,93,102H,7,12-13,16-17,19-20,26,30-32,35,39-50,52-53,89H2,1-4H3,(H,94,112)(H,95,108)(H,96,110)(H,97,111)(H,98,109)(H4,90,91,92)/t54-,60-,63-,64-,69-,71+,72+,73+,74-,75-,76-,81+/m1/s1. The van der Waals surface area contributed by atoms with E-state index >= 15 is 24.0 Å². The summed E-state index contributed by atoms with van der Waals surface area (Å²) in [4.78, 5) is 163. The molecule has 0 bridgehead atoms. The van der Waals surface area contributed by atoms with E-state index in [1.165, 1.54) is 65.3 Å². The summed E-state index contributed by atoms with van der Waals surface area (Å²) >= 11 is 0. The fraction of sp³-hybridized carbons (Fsp3) is 0.483. The van der Waals surface area contributed by atoms with Gasteiger partial charge in [-0.3, -0.25) is 52.9 Å². The normalized spacial score (nSPS) is 23.8. The molecule has 112 heavy (non-hydrogen) atoms. The number of aliphatic imine (C=N–C) groups is 1. The molecule has 598 valence electrons. The van der Waals surface area contributed by atoms with Gasteiger partial charge in [-0.05, 0) is 166 Å². The second-order valence-corrected chi connectivity index (χ2v) is 31.1. The van der Waals surface area contributed by atoms with Crippen LogP contribution in [-0.4, -0.2) is 184 Å². The van der Waals surface area contributed by atoms with Gasteiger partial charge in [-0.25, -0.2) is 4.39 Å². The number of aromatic amines is 1. The van der Waals surface area contributed by atoms with E-state index in [0.29, 0.717) is 72.9 Å². The number of rotatable bonds is 24. The first kappa shape index (κ1) is 84.2. The number of nitrogens with one attached hydrogen (secondary N) is 6. The minimum Gasteiger partial charge on any atom is -0.391 e. The zero-order valence-corrected chi connectivity index (χ0v) is 65.0. The number of benzene rings is 5. The number of nitrogens with zero attached hydrogens (tertiary/aromatic N) is 4. The third-order valence-electron chi connectivity index (χ3n) is 22.8. The molecule has 0 spiro atoms. The summed E-state index contributed by atoms with van der Waals surface area (Å²) in [6.07, 6.45) is 6.40. The molecule has 13 N–H and O–H groups in total. The molecule has 24 nitrogen and oxygen atoms in total. The van der Waals surface area contributed by atoms with Crippen LogP contribution in [0.2, 0.25) is 0 Å². The van der Waals surface area contributed by atoms with Gasteiger partial charge < -0.3 is 68.6 Å². The Morgan fingerprint density at radius 2 is 1.25 bits per heavy atom. The number of guanidine groups is 1. The Kier molecular flexibility index (Phi) is 30.7. The zero-order valence-electron chi connectivity index (χ0n) is 65.0. The Morgan fingerprint density at radius 3 is 1.90 bits per heavy atom. The van der Waals surface area contributed by atoms with E-state index in [4.69, 9.17) is 17.2 Å². The number of halogens is 1. The van der Waals surface area contributed by atoms with Crippen molar-refractivity contribution in [2.75, 3.05) is 46.3 Å². The number of allylic oxidation sites excluding steroid dienone is 1. The van der Waals surface area contributed by atoms with Gasteiger partial charge in [0, 0.05) is 126 Å². The summed E-state index contributed by atoms with van der Waals surface area (Å²) in [5.74, 6) is -8.43. The number of piperidine rings is 1. The first-order valence-electron chi connectivity index (χ1n) is 39.9. The molecule has 7 amide bonds. The number of Topliss-reactive ketones (excluding diaryl/α,β-unsaturated/α-hetero) is 3. The molecular weight excluding hydrogens is 1420 g/mol. The number of aliphatic hydroxyl groups is 1. The van der Waals surface area contributed by atoms with Gasteiger partial charge in [0.2, 0.25) is 41.4 Å². The number of para-hydroxylation sites is 1. The lowest BCUT2D eigenvalue weighted by Crippen LogP contribution is -2.60. The van der Waals surface area contributed by atoms with Crippen molar-refractivity contribution in [3.8, 4) is 0 Å². The number of likely N-dealkylation sites (tertiary alicyclic amines) is 1. The number of hydrogen-bond acceptors (Lipinski definition) is 14. The molecule has 5 aromatic carbocycles. The van der Waals surface area contributed by atoms with E-state index in [1.807, 2.05) is 29.2 Å². The van der Waals surface area contributed by atoms with Crippen LogP contribution in [0.25, 0.3) is 16.5 Å². The number of nitrogens with two attached hydrogens (primary N) is 3. The molecule has 2 aliphatic heterocycles. The monoisotopic (exact) mass is 1530 g/mol. The molecule has 2 aliphatic carbocycles. The number of aliphatic hydroxyl groups excluding tert-OH is 1. The molecule has 10 rings (SSSR count). The minimum atomic E-state index is -1.59. The highest BCUT2D eigenvalue weighted by molar-refractivity contribution is 5.99. The second-order valence-electron chi connectivity index (χ2n) is 31.1. The van der Waals surface area contributed by atoms with E-state index < -0.39 is 120 Å². The van der Waals surface area contributed by atoms with Gasteiger partial charge in [-0.2, -0.15) is 0 Å². The van der Waals surface area contributed by atoms with Gasteiger partial charge >= 0.3 is 0 Å². The first-order valence-corrected chi connectivity index (χ1v) is 39.9. The number of unbranched alkanes of at least 4 members (excludes halogenated alkanes) is 1. The maximum absolute atomic E-state index is 15.7. The molecule has 0 saturated carbocycles. The molecule has 2 fully saturated rings. The van der Waals surface area contributed by atoms with Crippen molar-refractivity contribution < 1.29 is 57.4 Å². The summed E-state index contributed by atoms with van der Waals surface area (Å²) in [5, 5.41) is 26.5. The number of ketones is 3. The lowest BCUT2D eigenvalue weighted by molar-refractivity contribution is -0.140. The molecule has 25 heteroatoms. The predicted molar refractivity (Wildman–Crippen MR) is 429 cm³/mol. The number of likely N-dealkylation sites (N-methyl/N-ethyl adjacent to an activating group) is 1. The minimum absolute atomic E-state index is 0.00430. The van der Waals surface area contributed by atoms with E-state index in [2.05, 4.69) is 72.8 Å². The van der Waals surface area contributed by atoms with Gasteiger partial charge in [0.05, 0.1) is 12.1 Å². The summed E-state index contributed by atoms with van der Waals surface area (Å²) in [5.41, 5.74) is 26.2. The summed E-state index contributed by atoms with van der Waals surface area (Å²) in [6.45, 7) is 6.18. The molecule has 3 heterocycles. The van der Waals surface area contributed by atoms with Crippen molar-refractivity contribution in [2.24, 2.45) is 39.9 Å². The van der Waals surface area contributed by atoms with Crippen LogP contribution in [0.5, 0.6) is 0 Å². The highest BCUT2D eigenvalue weighted by Gasteiger charge is 2.43. The molecule has 12 atom stereocenters. The van der Waals surface area contributed by atoms with Crippen LogP contribution in [0, 0.1) is 23.6 Å². The number of hydrogen-bond donors (Lipinski definition) is 10. The third-order valence-corrected chi connectivity index (χ3v) is 22.8. The van der Waals surface area contributed by atoms with Crippen LogP contribution in [0.4, 0.5) is 4.39 Å². The van der Waals surface area contributed by atoms with Crippen LogP contribution in [0.3, 0.4) is 0 Å². The van der Waals surface area contributed by atoms with Crippen molar-refractivity contribution in [2.45, 2.75) is 204 Å². The number of carbonyl (C=O) groups is 10. The van der Waals surface area contributed by atoms with Crippen LogP contribution < -0.4 is 43.8 Å². The third kappa shape index (κ3) is 23.2. The number of aromatic nitrogens is 1. The molecular formula is C87H112FN13O11. The molecule has 6 aromatic rings. The highest BCUT2D eigenvalue weighted by Crippen LogP contribution is 2.49. The average Bonchev–Trinajstić information content (AvgIpc) is 1.64. The summed E-state index contributed by atoms with van der Waals surface area (Å²) < 4.78 is 14.4. The van der Waals surface area contributed by atoms with Crippen molar-refractivity contribution in [3.05, 3.63) is 184 Å². The molecule has 4 aliphatic rings. The Balaban J connectivity index is 0.990. The van der Waals surface area contributed by atoms with E-state index in [1.54, 1.807) is 73.8 Å². The SMILES string of the molecule is CC(=O)N(CCCN(C(C)=O)[C@@H]1CCCCCC(=O)[C@H](Cc2ccc(F)cc2)CC(=O)[C@H]([C@@H](C)O)NC(=O)[C@H](CCCCN)NC(=O)[C@@H](Cc2c[nH]c3ccccc23)NC(=O)[C@H](Cc2ccccc2)NC(=O)[C@H](Cc2ccccc2)NC(=O)[C@H](CCCN=C(N)N)CC1=O)C[C@@H]1C[C@@H]2c3cccc4c3C(=CC4)C[C@H]2N(C)C1. The van der Waals surface area contributed by atoms with Gasteiger partial charge in [0.15, 0.2) is 17.5 Å². The first-order chi connectivity index (χ1) is 53.9. The molecule has 0 radical (unpaired) electrons. The van der Waals surface area contributed by atoms with E-state index in [9.17, 15) is 33.5 Å². The highest BCUT2D eigenvalue weighted by atomic mass is 19.1. The van der Waals surface area contributed by atoms with Gasteiger partial charge in [-0.1, -0.05) is 128 Å². The fourth-order valence-electron chi connectivity index (χ4n) is 16.9. The smallest absolute Gasteiger partial charge is 0.243 e. The van der Waals surface area contributed by atoms with Crippen molar-refractivity contribution in [3.63, 3.8) is 0 Å².